The smallest absolute Gasteiger partial charge is 0.222 e. The van der Waals surface area contributed by atoms with Crippen LogP contribution in [0.25, 0.3) is 22.8 Å². The predicted octanol–water partition coefficient (Wildman–Crippen LogP) is 2.97. The SMILES string of the molecule is COc1ccc(-c2n[nH]c(-c3cccnc3NCCCN3CCCC3=O)n2)cc1. The number of pyridine rings is 1. The van der Waals surface area contributed by atoms with E-state index in [4.69, 9.17) is 4.74 Å². The molecule has 29 heavy (non-hydrogen) atoms. The quantitative estimate of drug-likeness (QED) is 0.572. The number of benzene rings is 1. The number of H-pyrrole nitrogens is 1. The van der Waals surface area contributed by atoms with Gasteiger partial charge in [0.2, 0.25) is 5.91 Å². The first-order valence-corrected chi connectivity index (χ1v) is 9.78. The van der Waals surface area contributed by atoms with E-state index in [-0.39, 0.29) is 5.91 Å². The molecular formula is C21H24N6O2. The molecule has 2 aromatic heterocycles. The van der Waals surface area contributed by atoms with Gasteiger partial charge in [-0.1, -0.05) is 0 Å². The minimum absolute atomic E-state index is 0.260. The number of carbonyl (C=O) groups is 1. The van der Waals surface area contributed by atoms with Gasteiger partial charge in [0.1, 0.15) is 11.6 Å². The van der Waals surface area contributed by atoms with Gasteiger partial charge in [-0.2, -0.15) is 5.10 Å². The third-order valence-corrected chi connectivity index (χ3v) is 4.97. The molecule has 0 bridgehead atoms. The number of aromatic amines is 1. The molecule has 1 amide bonds. The molecule has 0 radical (unpaired) electrons. The Labute approximate surface area is 169 Å². The number of carbonyl (C=O) groups excluding carboxylic acids is 1. The van der Waals surface area contributed by atoms with Crippen LogP contribution in [-0.4, -0.2) is 57.7 Å². The number of rotatable bonds is 8. The first kappa shape index (κ1) is 18.9. The van der Waals surface area contributed by atoms with Crippen molar-refractivity contribution in [2.75, 3.05) is 32.1 Å². The number of methoxy groups -OCH3 is 1. The summed E-state index contributed by atoms with van der Waals surface area (Å²) in [6, 6.07) is 11.4. The van der Waals surface area contributed by atoms with Crippen molar-refractivity contribution in [2.45, 2.75) is 19.3 Å². The fourth-order valence-corrected chi connectivity index (χ4v) is 3.41. The van der Waals surface area contributed by atoms with Gasteiger partial charge in [0.15, 0.2) is 11.6 Å². The molecule has 1 aliphatic rings. The van der Waals surface area contributed by atoms with Crippen LogP contribution in [0, 0.1) is 0 Å². The second-order valence-corrected chi connectivity index (χ2v) is 6.90. The Bertz CT molecular complexity index is 969. The highest BCUT2D eigenvalue weighted by atomic mass is 16.5. The molecule has 0 spiro atoms. The number of ether oxygens (including phenoxy) is 1. The van der Waals surface area contributed by atoms with Crippen molar-refractivity contribution in [3.05, 3.63) is 42.6 Å². The molecule has 4 rings (SSSR count). The molecule has 0 unspecified atom stereocenters. The van der Waals surface area contributed by atoms with Gasteiger partial charge in [-0.25, -0.2) is 9.97 Å². The maximum atomic E-state index is 11.7. The van der Waals surface area contributed by atoms with Crippen molar-refractivity contribution in [3.8, 4) is 28.5 Å². The summed E-state index contributed by atoms with van der Waals surface area (Å²) in [7, 11) is 1.64. The molecule has 0 aliphatic carbocycles. The second-order valence-electron chi connectivity index (χ2n) is 6.90. The van der Waals surface area contributed by atoms with E-state index in [0.29, 0.717) is 18.1 Å². The first-order valence-electron chi connectivity index (χ1n) is 9.78. The lowest BCUT2D eigenvalue weighted by Gasteiger charge is -2.15. The average molecular weight is 392 g/mol. The summed E-state index contributed by atoms with van der Waals surface area (Å²) >= 11 is 0. The highest BCUT2D eigenvalue weighted by Gasteiger charge is 2.19. The van der Waals surface area contributed by atoms with Crippen LogP contribution in [-0.2, 0) is 4.79 Å². The van der Waals surface area contributed by atoms with Crippen LogP contribution >= 0.6 is 0 Å². The molecule has 1 saturated heterocycles. The van der Waals surface area contributed by atoms with E-state index < -0.39 is 0 Å². The Balaban J connectivity index is 1.42. The molecule has 1 fully saturated rings. The molecule has 3 heterocycles. The van der Waals surface area contributed by atoms with Gasteiger partial charge in [-0.05, 0) is 49.2 Å². The van der Waals surface area contributed by atoms with Gasteiger partial charge in [-0.3, -0.25) is 9.89 Å². The molecule has 150 valence electrons. The Hall–Kier alpha value is -3.42. The molecule has 8 heteroatoms. The molecule has 1 aliphatic heterocycles. The fourth-order valence-electron chi connectivity index (χ4n) is 3.41. The van der Waals surface area contributed by atoms with Crippen molar-refractivity contribution in [1.29, 1.82) is 0 Å². The van der Waals surface area contributed by atoms with Crippen LogP contribution < -0.4 is 10.1 Å². The van der Waals surface area contributed by atoms with E-state index in [1.807, 2.05) is 41.3 Å². The van der Waals surface area contributed by atoms with E-state index >= 15 is 0 Å². The number of aromatic nitrogens is 4. The zero-order valence-electron chi connectivity index (χ0n) is 16.4. The number of likely N-dealkylation sites (tertiary alicyclic amines) is 1. The lowest BCUT2D eigenvalue weighted by molar-refractivity contribution is -0.127. The van der Waals surface area contributed by atoms with E-state index in [9.17, 15) is 4.79 Å². The third kappa shape index (κ3) is 4.37. The number of anilines is 1. The Morgan fingerprint density at radius 3 is 2.86 bits per heavy atom. The van der Waals surface area contributed by atoms with Gasteiger partial charge in [0, 0.05) is 37.8 Å². The van der Waals surface area contributed by atoms with Gasteiger partial charge >= 0.3 is 0 Å². The molecule has 0 atom stereocenters. The first-order chi connectivity index (χ1) is 14.2. The zero-order chi connectivity index (χ0) is 20.1. The molecule has 8 nitrogen and oxygen atoms in total. The van der Waals surface area contributed by atoms with Crippen LogP contribution in [0.3, 0.4) is 0 Å². The molecule has 1 aromatic carbocycles. The van der Waals surface area contributed by atoms with Crippen LogP contribution in [0.2, 0.25) is 0 Å². The van der Waals surface area contributed by atoms with Gasteiger partial charge in [0.25, 0.3) is 0 Å². The monoisotopic (exact) mass is 392 g/mol. The molecule has 3 aromatic rings. The van der Waals surface area contributed by atoms with Crippen molar-refractivity contribution < 1.29 is 9.53 Å². The number of hydrogen-bond acceptors (Lipinski definition) is 6. The van der Waals surface area contributed by atoms with E-state index in [2.05, 4.69) is 25.5 Å². The predicted molar refractivity (Wildman–Crippen MR) is 111 cm³/mol. The van der Waals surface area contributed by atoms with E-state index in [0.717, 1.165) is 55.2 Å². The van der Waals surface area contributed by atoms with Crippen LogP contribution in [0.1, 0.15) is 19.3 Å². The number of hydrogen-bond donors (Lipinski definition) is 2. The summed E-state index contributed by atoms with van der Waals surface area (Å²) in [5.74, 6) is 3.07. The molecule has 0 saturated carbocycles. The highest BCUT2D eigenvalue weighted by Crippen LogP contribution is 2.26. The largest absolute Gasteiger partial charge is 0.497 e. The maximum Gasteiger partial charge on any atom is 0.222 e. The lowest BCUT2D eigenvalue weighted by Crippen LogP contribution is -2.27. The average Bonchev–Trinajstić information content (AvgIpc) is 3.41. The van der Waals surface area contributed by atoms with Gasteiger partial charge in [0.05, 0.1) is 12.7 Å². The molecule has 2 N–H and O–H groups in total. The van der Waals surface area contributed by atoms with Crippen molar-refractivity contribution in [3.63, 3.8) is 0 Å². The van der Waals surface area contributed by atoms with Crippen LogP contribution in [0.15, 0.2) is 42.6 Å². The Kier molecular flexibility index (Phi) is 5.69. The summed E-state index contributed by atoms with van der Waals surface area (Å²) in [6.45, 7) is 2.38. The fraction of sp³-hybridized carbons (Fsp3) is 0.333. The highest BCUT2D eigenvalue weighted by molar-refractivity contribution is 5.78. The normalized spacial score (nSPS) is 13.7. The van der Waals surface area contributed by atoms with E-state index in [1.165, 1.54) is 0 Å². The summed E-state index contributed by atoms with van der Waals surface area (Å²) in [5.41, 5.74) is 1.76. The minimum Gasteiger partial charge on any atom is -0.497 e. The van der Waals surface area contributed by atoms with Gasteiger partial charge < -0.3 is 15.0 Å². The van der Waals surface area contributed by atoms with Crippen LogP contribution in [0.4, 0.5) is 5.82 Å². The van der Waals surface area contributed by atoms with E-state index in [1.54, 1.807) is 13.3 Å². The standard InChI is InChI=1S/C21H24N6O2/c1-29-16-9-7-15(8-10-16)19-24-21(26-25-19)17-5-2-11-22-20(17)23-12-4-14-27-13-3-6-18(27)28/h2,5,7-11H,3-4,6,12-14H2,1H3,(H,22,23)(H,24,25,26). The zero-order valence-corrected chi connectivity index (χ0v) is 16.4. The number of nitrogens with one attached hydrogen (secondary N) is 2. The second kappa shape index (κ2) is 8.72. The summed E-state index contributed by atoms with van der Waals surface area (Å²) in [4.78, 5) is 22.7. The summed E-state index contributed by atoms with van der Waals surface area (Å²) in [6.07, 6.45) is 4.27. The Morgan fingerprint density at radius 1 is 1.24 bits per heavy atom. The Morgan fingerprint density at radius 2 is 2.10 bits per heavy atom. The van der Waals surface area contributed by atoms with Crippen molar-refractivity contribution in [2.24, 2.45) is 0 Å². The lowest BCUT2D eigenvalue weighted by atomic mass is 10.2. The summed E-state index contributed by atoms with van der Waals surface area (Å²) in [5, 5.41) is 10.7. The maximum absolute atomic E-state index is 11.7. The minimum atomic E-state index is 0.260. The van der Waals surface area contributed by atoms with Crippen molar-refractivity contribution in [1.82, 2.24) is 25.1 Å². The topological polar surface area (TPSA) is 96.0 Å². The third-order valence-electron chi connectivity index (χ3n) is 4.97. The number of amides is 1. The van der Waals surface area contributed by atoms with Crippen molar-refractivity contribution >= 4 is 11.7 Å². The van der Waals surface area contributed by atoms with Gasteiger partial charge in [-0.15, -0.1) is 0 Å². The number of nitrogens with zero attached hydrogens (tertiary/aromatic N) is 4. The summed E-state index contributed by atoms with van der Waals surface area (Å²) < 4.78 is 5.19. The van der Waals surface area contributed by atoms with Crippen LogP contribution in [0.5, 0.6) is 5.75 Å². The molecular weight excluding hydrogens is 368 g/mol.